The van der Waals surface area contributed by atoms with Crippen molar-refractivity contribution in [1.82, 2.24) is 0 Å². The molecule has 45 heavy (non-hydrogen) atoms. The first-order chi connectivity index (χ1) is 20.1. The molecule has 21 heteroatoms. The third-order valence-electron chi connectivity index (χ3n) is 4.54. The fourth-order valence-electron chi connectivity index (χ4n) is 2.67. The van der Waals surface area contributed by atoms with Crippen LogP contribution >= 0.6 is 0 Å². The molecule has 0 aliphatic carbocycles. The Bertz CT molecular complexity index is 1720. The maximum Gasteiger partial charge on any atom is 4.00 e. The summed E-state index contributed by atoms with van der Waals surface area (Å²) in [6, 6.07) is 20.0. The molecule has 0 bridgehead atoms. The van der Waals surface area contributed by atoms with Gasteiger partial charge in [0.1, 0.15) is 63.5 Å². The first kappa shape index (κ1) is 41.5. The zero-order valence-corrected chi connectivity index (χ0v) is 28.2. The van der Waals surface area contributed by atoms with Crippen LogP contribution in [0.2, 0.25) is 0 Å². The van der Waals surface area contributed by atoms with E-state index in [-0.39, 0.29) is 23.9 Å². The van der Waals surface area contributed by atoms with E-state index >= 15 is 0 Å². The summed E-state index contributed by atoms with van der Waals surface area (Å²) in [5, 5.41) is 35.5. The van der Waals surface area contributed by atoms with Gasteiger partial charge in [-0.25, -0.2) is 33.7 Å². The van der Waals surface area contributed by atoms with Crippen LogP contribution in [0.4, 0.5) is 0 Å². The van der Waals surface area contributed by atoms with Gasteiger partial charge in [-0.1, -0.05) is 48.5 Å². The minimum absolute atomic E-state index is 0. The van der Waals surface area contributed by atoms with E-state index < -0.39 is 83.1 Å². The summed E-state index contributed by atoms with van der Waals surface area (Å²) >= 11 is 0. The van der Waals surface area contributed by atoms with Gasteiger partial charge in [-0.2, -0.15) is 0 Å². The van der Waals surface area contributed by atoms with Gasteiger partial charge in [0, 0.05) is 0 Å². The number of hydrogen-bond donors (Lipinski definition) is 4. The average molecular weight is 811 g/mol. The number of hydrogen-bond acceptors (Lipinski definition) is 16. The van der Waals surface area contributed by atoms with Gasteiger partial charge >= 0.3 is 23.9 Å². The minimum atomic E-state index is -4.53. The summed E-state index contributed by atoms with van der Waals surface area (Å²) in [6.07, 6.45) is 0. The van der Waals surface area contributed by atoms with E-state index in [4.69, 9.17) is 20.4 Å². The average Bonchev–Trinajstić information content (AvgIpc) is 2.88. The molecule has 0 aliphatic heterocycles. The number of aromatic hydroxyl groups is 4. The van der Waals surface area contributed by atoms with Crippen LogP contribution in [0, 0.1) is 0 Å². The zero-order valence-electron chi connectivity index (χ0n) is 22.1. The van der Waals surface area contributed by atoms with Gasteiger partial charge in [-0.05, 0) is 48.5 Å². The van der Waals surface area contributed by atoms with E-state index in [9.17, 15) is 51.9 Å². The third-order valence-corrected chi connectivity index (χ3v) is 8.07. The van der Waals surface area contributed by atoms with Crippen LogP contribution in [-0.2, 0) is 40.5 Å². The number of phenols is 4. The van der Waals surface area contributed by atoms with E-state index in [0.29, 0.717) is 0 Å². The molecule has 0 aromatic heterocycles. The van der Waals surface area contributed by atoms with Crippen molar-refractivity contribution in [3.63, 3.8) is 0 Å². The molecule has 0 heterocycles. The van der Waals surface area contributed by atoms with Gasteiger partial charge in [-0.15, -0.1) is 0 Å². The van der Waals surface area contributed by atoms with Gasteiger partial charge in [0.05, 0.1) is 19.6 Å². The number of para-hydroxylation sites is 4. The molecule has 240 valence electrons. The van der Waals surface area contributed by atoms with Gasteiger partial charge in [-0.3, -0.25) is 0 Å². The molecule has 0 radical (unpaired) electrons. The monoisotopic (exact) mass is 812 g/mol. The number of phenolic OH excluding ortho intramolecular Hbond substituents is 4. The van der Waals surface area contributed by atoms with Gasteiger partial charge in [0.2, 0.25) is 0 Å². The summed E-state index contributed by atoms with van der Waals surface area (Å²) in [4.78, 5) is -2.33. The Hall–Kier alpha value is -3.48. The topological polar surface area (TPSA) is 310 Å². The van der Waals surface area contributed by atoms with Crippen LogP contribution in [0.3, 0.4) is 0 Å². The molecule has 0 amide bonds. The molecule has 4 aromatic carbocycles. The van der Waals surface area contributed by atoms with E-state index in [2.05, 4.69) is 0 Å². The van der Waals surface area contributed by atoms with Crippen LogP contribution in [0.1, 0.15) is 0 Å². The fraction of sp³-hybridized carbons (Fsp3) is 0. The molecule has 0 saturated heterocycles. The third kappa shape index (κ3) is 14.4. The Balaban J connectivity index is 0.000000569. The molecular formula is C24H20O16S4Sn. The molecule has 0 aliphatic rings. The molecule has 0 atom stereocenters. The van der Waals surface area contributed by atoms with Crippen LogP contribution in [0.5, 0.6) is 23.0 Å². The van der Waals surface area contributed by atoms with Gasteiger partial charge < -0.3 is 38.6 Å². The van der Waals surface area contributed by atoms with E-state index in [1.807, 2.05) is 0 Å². The smallest absolute Gasteiger partial charge is 0.744 e. The summed E-state index contributed by atoms with van der Waals surface area (Å²) in [5.41, 5.74) is 0. The van der Waals surface area contributed by atoms with Crippen molar-refractivity contribution in [3.8, 4) is 23.0 Å². The number of benzene rings is 4. The maximum absolute atomic E-state index is 10.3. The maximum atomic E-state index is 10.3. The largest absolute Gasteiger partial charge is 4.00 e. The second kappa shape index (κ2) is 17.3. The van der Waals surface area contributed by atoms with Gasteiger partial charge in [0.15, 0.2) is 0 Å². The molecule has 0 saturated carbocycles. The predicted octanol–water partition coefficient (Wildman–Crippen LogP) is 0.804. The summed E-state index contributed by atoms with van der Waals surface area (Å²) in [6.45, 7) is 0. The second-order valence-electron chi connectivity index (χ2n) is 7.69. The van der Waals surface area contributed by atoms with E-state index in [1.165, 1.54) is 48.5 Å². The zero-order chi connectivity index (χ0) is 33.9. The van der Waals surface area contributed by atoms with Crippen molar-refractivity contribution in [2.45, 2.75) is 19.6 Å². The number of rotatable bonds is 4. The standard InChI is InChI=1S/4C6H6O4S.Sn/c4*7-5-3-1-2-4-6(5)11(8,9)10;/h4*1-4,7H,(H,8,9,10);/q;;;;+4/p-4. The normalized spacial score (nSPS) is 11.1. The predicted molar refractivity (Wildman–Crippen MR) is 150 cm³/mol. The molecule has 0 unspecified atom stereocenters. The molecule has 4 rings (SSSR count). The quantitative estimate of drug-likeness (QED) is 0.164. The van der Waals surface area contributed by atoms with Crippen molar-refractivity contribution >= 4 is 64.4 Å². The van der Waals surface area contributed by atoms with Crippen molar-refractivity contribution in [2.24, 2.45) is 0 Å². The molecular weight excluding hydrogens is 791 g/mol. The van der Waals surface area contributed by atoms with E-state index in [0.717, 1.165) is 48.5 Å². The second-order valence-corrected chi connectivity index (χ2v) is 13.1. The van der Waals surface area contributed by atoms with Crippen LogP contribution < -0.4 is 0 Å². The Labute approximate surface area is 274 Å². The minimum Gasteiger partial charge on any atom is -0.744 e. The van der Waals surface area contributed by atoms with Crippen molar-refractivity contribution in [3.05, 3.63) is 97.1 Å². The van der Waals surface area contributed by atoms with Crippen LogP contribution in [-0.4, -0.2) is 96.2 Å². The molecule has 0 fully saturated rings. The molecule has 0 spiro atoms. The summed E-state index contributed by atoms with van der Waals surface area (Å²) in [5.74, 6) is -2.05. The Morgan fingerprint density at radius 3 is 0.556 bits per heavy atom. The first-order valence-corrected chi connectivity index (χ1v) is 16.7. The Morgan fingerprint density at radius 1 is 0.333 bits per heavy atom. The van der Waals surface area contributed by atoms with Crippen LogP contribution in [0.15, 0.2) is 117 Å². The van der Waals surface area contributed by atoms with Gasteiger partial charge in [0.25, 0.3) is 0 Å². The first-order valence-electron chi connectivity index (χ1n) is 11.0. The summed E-state index contributed by atoms with van der Waals surface area (Å²) < 4.78 is 124. The Kier molecular flexibility index (Phi) is 15.9. The fourth-order valence-corrected chi connectivity index (χ4v) is 4.95. The summed E-state index contributed by atoms with van der Waals surface area (Å²) in [7, 11) is -18.1. The SMILES string of the molecule is O=S(=O)([O-])c1ccccc1O.O=S(=O)([O-])c1ccccc1O.O=S(=O)([O-])c1ccccc1O.O=S(=O)([O-])c1ccccc1O.[Sn+4]. The molecule has 16 nitrogen and oxygen atoms in total. The molecule has 4 aromatic rings. The molecule has 4 N–H and O–H groups in total. The van der Waals surface area contributed by atoms with Crippen molar-refractivity contribution < 1.29 is 72.3 Å². The van der Waals surface area contributed by atoms with E-state index in [1.54, 1.807) is 0 Å². The van der Waals surface area contributed by atoms with Crippen LogP contribution in [0.25, 0.3) is 0 Å². The Morgan fingerprint density at radius 2 is 0.467 bits per heavy atom. The van der Waals surface area contributed by atoms with Crippen molar-refractivity contribution in [1.29, 1.82) is 0 Å². The van der Waals surface area contributed by atoms with Crippen molar-refractivity contribution in [2.75, 3.05) is 0 Å².